The van der Waals surface area contributed by atoms with Crippen molar-refractivity contribution >= 4 is 51.5 Å². The number of para-hydroxylation sites is 2. The van der Waals surface area contributed by atoms with Crippen molar-refractivity contribution in [3.05, 3.63) is 131 Å². The molecule has 0 aliphatic carbocycles. The number of nitrogens with zero attached hydrogens (tertiary/aromatic N) is 3. The molecule has 1 N–H and O–H groups in total. The number of amidine groups is 1. The van der Waals surface area contributed by atoms with Gasteiger partial charge in [0.15, 0.2) is 5.17 Å². The first-order valence-electron chi connectivity index (χ1n) is 13.3. The van der Waals surface area contributed by atoms with Crippen LogP contribution in [0.25, 0.3) is 17.0 Å². The van der Waals surface area contributed by atoms with Gasteiger partial charge in [-0.3, -0.25) is 9.69 Å². The zero-order chi connectivity index (χ0) is 28.2. The summed E-state index contributed by atoms with van der Waals surface area (Å²) in [6, 6.07) is 31.0. The lowest BCUT2D eigenvalue weighted by Gasteiger charge is -2.15. The van der Waals surface area contributed by atoms with Crippen molar-refractivity contribution in [2.45, 2.75) is 19.4 Å². The Hall–Kier alpha value is -4.82. The van der Waals surface area contributed by atoms with E-state index in [2.05, 4.69) is 12.1 Å². The van der Waals surface area contributed by atoms with Gasteiger partial charge in [-0.05, 0) is 66.6 Å². The van der Waals surface area contributed by atoms with Crippen LogP contribution in [0.3, 0.4) is 0 Å². The lowest BCUT2D eigenvalue weighted by Crippen LogP contribution is -2.30. The third kappa shape index (κ3) is 5.88. The molecule has 1 aliphatic heterocycles. The number of carbonyl (C=O) groups excluding carboxylic acids is 1. The Labute approximate surface area is 241 Å². The van der Waals surface area contributed by atoms with E-state index in [1.807, 2.05) is 89.6 Å². The van der Waals surface area contributed by atoms with E-state index < -0.39 is 5.97 Å². The van der Waals surface area contributed by atoms with Crippen LogP contribution in [0.2, 0.25) is 0 Å². The van der Waals surface area contributed by atoms with Gasteiger partial charge in [0.25, 0.3) is 5.91 Å². The van der Waals surface area contributed by atoms with Crippen LogP contribution in [0.4, 0.5) is 5.69 Å². The molecule has 2 aromatic heterocycles. The van der Waals surface area contributed by atoms with Gasteiger partial charge in [0.05, 0.1) is 17.1 Å². The molecule has 3 aromatic carbocycles. The van der Waals surface area contributed by atoms with Crippen molar-refractivity contribution in [2.24, 2.45) is 4.99 Å². The first-order valence-corrected chi connectivity index (χ1v) is 14.2. The van der Waals surface area contributed by atoms with E-state index in [0.29, 0.717) is 28.9 Å². The van der Waals surface area contributed by atoms with Gasteiger partial charge in [0, 0.05) is 29.2 Å². The molecule has 0 bridgehead atoms. The summed E-state index contributed by atoms with van der Waals surface area (Å²) in [5.74, 6) is -0.719. The summed E-state index contributed by atoms with van der Waals surface area (Å²) < 4.78 is 7.50. The van der Waals surface area contributed by atoms with Crippen molar-refractivity contribution in [3.63, 3.8) is 0 Å². The summed E-state index contributed by atoms with van der Waals surface area (Å²) in [4.78, 5) is 32.2. The fourth-order valence-electron chi connectivity index (χ4n) is 4.90. The molecule has 0 unspecified atom stereocenters. The maximum Gasteiger partial charge on any atom is 0.371 e. The van der Waals surface area contributed by atoms with Gasteiger partial charge >= 0.3 is 5.97 Å². The van der Waals surface area contributed by atoms with Crippen LogP contribution in [0.5, 0.6) is 0 Å². The maximum atomic E-state index is 13.7. The third-order valence-corrected chi connectivity index (χ3v) is 7.87. The molecule has 41 heavy (non-hydrogen) atoms. The molecule has 1 aliphatic rings. The van der Waals surface area contributed by atoms with Crippen LogP contribution in [0, 0.1) is 0 Å². The molecule has 3 heterocycles. The number of benzene rings is 3. The molecule has 6 rings (SSSR count). The fourth-order valence-corrected chi connectivity index (χ4v) is 5.91. The number of thioether (sulfide) groups is 1. The van der Waals surface area contributed by atoms with E-state index in [1.54, 1.807) is 11.0 Å². The molecule has 0 radical (unpaired) electrons. The summed E-state index contributed by atoms with van der Waals surface area (Å²) in [7, 11) is 0. The predicted octanol–water partition coefficient (Wildman–Crippen LogP) is 7.22. The summed E-state index contributed by atoms with van der Waals surface area (Å²) >= 11 is 1.39. The standard InChI is InChI=1S/C33H27N3O4S/c37-31-30(20-24-21-35(28-16-8-7-15-27(24)28)22-26-17-18-29(40-26)32(38)39)41-33(34-25-13-5-2-6-14-25)36(31)19-9-12-23-10-3-1-4-11-23/h1-8,10-11,13-18,20-21H,9,12,19,22H2,(H,38,39)/b30-20-,34-33?. The summed E-state index contributed by atoms with van der Waals surface area (Å²) in [6.45, 7) is 0.931. The predicted molar refractivity (Wildman–Crippen MR) is 162 cm³/mol. The van der Waals surface area contributed by atoms with Gasteiger partial charge in [-0.1, -0.05) is 66.7 Å². The first-order chi connectivity index (χ1) is 20.0. The summed E-state index contributed by atoms with van der Waals surface area (Å²) in [6.07, 6.45) is 5.59. The Balaban J connectivity index is 1.30. The van der Waals surface area contributed by atoms with Gasteiger partial charge in [0.2, 0.25) is 5.76 Å². The second kappa shape index (κ2) is 11.7. The normalized spacial score (nSPS) is 15.4. The molecule has 8 heteroatoms. The summed E-state index contributed by atoms with van der Waals surface area (Å²) in [5.41, 5.74) is 3.89. The molecule has 1 saturated heterocycles. The lowest BCUT2D eigenvalue weighted by atomic mass is 10.1. The van der Waals surface area contributed by atoms with Crippen LogP contribution in [0.1, 0.15) is 33.9 Å². The number of carbonyl (C=O) groups is 2. The number of aliphatic imine (C=N–C) groups is 1. The van der Waals surface area contributed by atoms with Gasteiger partial charge in [0.1, 0.15) is 5.76 Å². The van der Waals surface area contributed by atoms with E-state index >= 15 is 0 Å². The molecule has 204 valence electrons. The monoisotopic (exact) mass is 561 g/mol. The Morgan fingerprint density at radius 1 is 0.927 bits per heavy atom. The summed E-state index contributed by atoms with van der Waals surface area (Å²) in [5, 5.41) is 10.9. The second-order valence-corrected chi connectivity index (χ2v) is 10.7. The molecule has 5 aromatic rings. The van der Waals surface area contributed by atoms with Crippen molar-refractivity contribution in [1.82, 2.24) is 9.47 Å². The fraction of sp³-hybridized carbons (Fsp3) is 0.121. The third-order valence-electron chi connectivity index (χ3n) is 6.86. The smallest absolute Gasteiger partial charge is 0.371 e. The molecule has 1 fully saturated rings. The molecule has 0 atom stereocenters. The average Bonchev–Trinajstić information content (AvgIpc) is 3.68. The van der Waals surface area contributed by atoms with Gasteiger partial charge < -0.3 is 14.1 Å². The number of aromatic carboxylic acids is 1. The van der Waals surface area contributed by atoms with E-state index in [9.17, 15) is 14.7 Å². The first kappa shape index (κ1) is 26.4. The van der Waals surface area contributed by atoms with E-state index in [4.69, 9.17) is 9.41 Å². The Morgan fingerprint density at radius 2 is 1.66 bits per heavy atom. The number of rotatable bonds is 9. The van der Waals surface area contributed by atoms with Crippen molar-refractivity contribution in [2.75, 3.05) is 6.54 Å². The average molecular weight is 562 g/mol. The van der Waals surface area contributed by atoms with Crippen LogP contribution < -0.4 is 0 Å². The quantitative estimate of drug-likeness (QED) is 0.192. The number of hydrogen-bond acceptors (Lipinski definition) is 5. The van der Waals surface area contributed by atoms with Crippen LogP contribution in [0.15, 0.2) is 118 Å². The molecule has 0 saturated carbocycles. The van der Waals surface area contributed by atoms with Crippen molar-refractivity contribution in [1.29, 1.82) is 0 Å². The van der Waals surface area contributed by atoms with Gasteiger partial charge in [-0.2, -0.15) is 0 Å². The molecule has 7 nitrogen and oxygen atoms in total. The topological polar surface area (TPSA) is 88.0 Å². The molecule has 0 spiro atoms. The lowest BCUT2D eigenvalue weighted by molar-refractivity contribution is -0.122. The zero-order valence-electron chi connectivity index (χ0n) is 22.1. The van der Waals surface area contributed by atoms with E-state index in [1.165, 1.54) is 23.4 Å². The highest BCUT2D eigenvalue weighted by molar-refractivity contribution is 8.18. The highest BCUT2D eigenvalue weighted by Crippen LogP contribution is 2.36. The van der Waals surface area contributed by atoms with Gasteiger partial charge in [-0.15, -0.1) is 0 Å². The number of fused-ring (bicyclic) bond motifs is 1. The van der Waals surface area contributed by atoms with Crippen molar-refractivity contribution < 1.29 is 19.1 Å². The number of furan rings is 1. The maximum absolute atomic E-state index is 13.7. The van der Waals surface area contributed by atoms with Crippen LogP contribution >= 0.6 is 11.8 Å². The Bertz CT molecular complexity index is 1770. The highest BCUT2D eigenvalue weighted by atomic mass is 32.2. The largest absolute Gasteiger partial charge is 0.475 e. The van der Waals surface area contributed by atoms with E-state index in [0.717, 1.165) is 35.0 Å². The Kier molecular flexibility index (Phi) is 7.56. The minimum absolute atomic E-state index is 0.0632. The minimum atomic E-state index is -1.10. The number of carboxylic acid groups (broad SMARTS) is 1. The Morgan fingerprint density at radius 3 is 2.41 bits per heavy atom. The van der Waals surface area contributed by atoms with Crippen molar-refractivity contribution in [3.8, 4) is 0 Å². The second-order valence-electron chi connectivity index (χ2n) is 9.69. The molecular formula is C33H27N3O4S. The van der Waals surface area contributed by atoms with Gasteiger partial charge in [-0.25, -0.2) is 9.79 Å². The van der Waals surface area contributed by atoms with Crippen LogP contribution in [-0.4, -0.2) is 38.2 Å². The SMILES string of the molecule is O=C(O)c1ccc(Cn2cc(/C=C3\SC(=Nc4ccccc4)N(CCCc4ccccc4)C3=O)c3ccccc32)o1. The number of carboxylic acids is 1. The number of amides is 1. The molecular weight excluding hydrogens is 534 g/mol. The van der Waals surface area contributed by atoms with Crippen LogP contribution in [-0.2, 0) is 17.8 Å². The zero-order valence-corrected chi connectivity index (χ0v) is 23.0. The highest BCUT2D eigenvalue weighted by Gasteiger charge is 2.33. The molecule has 1 amide bonds. The minimum Gasteiger partial charge on any atom is -0.475 e. The number of hydrogen-bond donors (Lipinski definition) is 1. The number of aromatic nitrogens is 1. The number of aryl methyl sites for hydroxylation is 1. The van der Waals surface area contributed by atoms with E-state index in [-0.39, 0.29) is 11.7 Å².